The fourth-order valence-corrected chi connectivity index (χ4v) is 0.951. The molecule has 13 heavy (non-hydrogen) atoms. The second-order valence-corrected chi connectivity index (χ2v) is 2.91. The average molecular weight is 194 g/mol. The average Bonchev–Trinajstić information content (AvgIpc) is 1.99. The largest absolute Gasteiger partial charge is 0.481 e. The van der Waals surface area contributed by atoms with Crippen LogP contribution in [0.25, 0.3) is 0 Å². The van der Waals surface area contributed by atoms with Gasteiger partial charge in [0.2, 0.25) is 0 Å². The lowest BCUT2D eigenvalue weighted by atomic mass is 9.94. The third-order valence-corrected chi connectivity index (χ3v) is 1.77. The summed E-state index contributed by atoms with van der Waals surface area (Å²) >= 11 is 0. The van der Waals surface area contributed by atoms with Gasteiger partial charge in [-0.3, -0.25) is 9.59 Å². The molecule has 1 atom stereocenters. The van der Waals surface area contributed by atoms with E-state index in [2.05, 4.69) is 0 Å². The Morgan fingerprint density at radius 2 is 1.92 bits per heavy atom. The predicted octanol–water partition coefficient (Wildman–Crippen LogP) is 1.71. The van der Waals surface area contributed by atoms with Gasteiger partial charge in [0.1, 0.15) is 11.7 Å². The van der Waals surface area contributed by atoms with E-state index in [1.165, 1.54) is 6.92 Å². The summed E-state index contributed by atoms with van der Waals surface area (Å²) in [6.07, 6.45) is -1.19. The number of hydrogen-bond donors (Lipinski definition) is 1. The van der Waals surface area contributed by atoms with Crippen LogP contribution in [0, 0.1) is 5.92 Å². The van der Waals surface area contributed by atoms with Crippen molar-refractivity contribution in [2.45, 2.75) is 32.6 Å². The highest BCUT2D eigenvalue weighted by Crippen LogP contribution is 2.30. The van der Waals surface area contributed by atoms with Crippen LogP contribution in [0.15, 0.2) is 0 Å². The molecule has 0 radical (unpaired) electrons. The molecule has 0 saturated carbocycles. The van der Waals surface area contributed by atoms with E-state index in [0.29, 0.717) is 0 Å². The molecule has 0 aromatic carbocycles. The molecule has 1 N–H and O–H groups in total. The molecule has 0 aliphatic heterocycles. The van der Waals surface area contributed by atoms with E-state index in [-0.39, 0.29) is 0 Å². The third-order valence-electron chi connectivity index (χ3n) is 1.77. The smallest absolute Gasteiger partial charge is 0.313 e. The molecule has 0 bridgehead atoms. The monoisotopic (exact) mass is 194 g/mol. The van der Waals surface area contributed by atoms with Gasteiger partial charge in [0.05, 0.1) is 0 Å². The first-order valence-corrected chi connectivity index (χ1v) is 3.91. The van der Waals surface area contributed by atoms with Crippen molar-refractivity contribution in [3.05, 3.63) is 0 Å². The van der Waals surface area contributed by atoms with Crippen LogP contribution in [-0.4, -0.2) is 22.8 Å². The van der Waals surface area contributed by atoms with E-state index in [9.17, 15) is 18.4 Å². The van der Waals surface area contributed by atoms with Crippen LogP contribution >= 0.6 is 0 Å². The lowest BCUT2D eigenvalue weighted by molar-refractivity contribution is -0.160. The number of Topliss-reactive ketones (excluding diaryl/α,β-unsaturated/α-hetero) is 1. The molecule has 0 aliphatic carbocycles. The van der Waals surface area contributed by atoms with Crippen molar-refractivity contribution in [3.63, 3.8) is 0 Å². The number of ketones is 1. The van der Waals surface area contributed by atoms with Crippen LogP contribution in [0.3, 0.4) is 0 Å². The Morgan fingerprint density at radius 3 is 2.15 bits per heavy atom. The van der Waals surface area contributed by atoms with E-state index >= 15 is 0 Å². The summed E-state index contributed by atoms with van der Waals surface area (Å²) in [5.41, 5.74) is 0. The molecule has 0 aromatic heterocycles. The van der Waals surface area contributed by atoms with Crippen LogP contribution in [0.5, 0.6) is 0 Å². The zero-order valence-electron chi connectivity index (χ0n) is 7.51. The first-order chi connectivity index (χ1) is 5.81. The summed E-state index contributed by atoms with van der Waals surface area (Å²) in [6.45, 7) is 2.29. The summed E-state index contributed by atoms with van der Waals surface area (Å²) in [7, 11) is 0. The van der Waals surface area contributed by atoms with Crippen LogP contribution in [-0.2, 0) is 9.59 Å². The van der Waals surface area contributed by atoms with Gasteiger partial charge >= 0.3 is 5.97 Å². The van der Waals surface area contributed by atoms with Crippen molar-refractivity contribution < 1.29 is 23.5 Å². The van der Waals surface area contributed by atoms with Crippen LogP contribution in [0.2, 0.25) is 0 Å². The zero-order chi connectivity index (χ0) is 10.6. The molecule has 0 fully saturated rings. The summed E-state index contributed by atoms with van der Waals surface area (Å²) < 4.78 is 25.8. The fraction of sp³-hybridized carbons (Fsp3) is 0.750. The minimum absolute atomic E-state index is 0.541. The fourth-order valence-electron chi connectivity index (χ4n) is 0.951. The van der Waals surface area contributed by atoms with Gasteiger partial charge in [-0.05, 0) is 6.92 Å². The maximum absolute atomic E-state index is 12.9. The molecular formula is C8H12F2O3. The molecule has 1 unspecified atom stereocenters. The molecule has 5 heteroatoms. The maximum Gasteiger partial charge on any atom is 0.313 e. The number of alkyl halides is 2. The minimum Gasteiger partial charge on any atom is -0.481 e. The van der Waals surface area contributed by atoms with Crippen LogP contribution < -0.4 is 0 Å². The topological polar surface area (TPSA) is 54.4 Å². The normalized spacial score (nSPS) is 13.8. The number of aliphatic carboxylic acids is 1. The first-order valence-electron chi connectivity index (χ1n) is 3.91. The van der Waals surface area contributed by atoms with E-state index in [4.69, 9.17) is 5.11 Å². The Hall–Kier alpha value is -1.00. The molecule has 0 heterocycles. The highest BCUT2D eigenvalue weighted by molar-refractivity contribution is 5.82. The number of halogens is 2. The van der Waals surface area contributed by atoms with E-state index in [1.54, 1.807) is 0 Å². The van der Waals surface area contributed by atoms with E-state index < -0.39 is 36.4 Å². The standard InChI is InChI=1S/C8H12F2O3/c1-3-8(9,10)6(7(12)13)4-5(2)11/h6H,3-4H2,1-2H3,(H,12,13). The van der Waals surface area contributed by atoms with Gasteiger partial charge in [-0.2, -0.15) is 0 Å². The van der Waals surface area contributed by atoms with Crippen molar-refractivity contribution in [1.82, 2.24) is 0 Å². The minimum atomic E-state index is -3.31. The number of carboxylic acid groups (broad SMARTS) is 1. The van der Waals surface area contributed by atoms with E-state index in [0.717, 1.165) is 6.92 Å². The van der Waals surface area contributed by atoms with Gasteiger partial charge in [0.15, 0.2) is 0 Å². The second kappa shape index (κ2) is 4.30. The summed E-state index contributed by atoms with van der Waals surface area (Å²) in [5, 5.41) is 8.46. The Kier molecular flexibility index (Phi) is 3.97. The van der Waals surface area contributed by atoms with Gasteiger partial charge in [0, 0.05) is 12.8 Å². The Balaban J connectivity index is 4.60. The number of rotatable bonds is 5. The van der Waals surface area contributed by atoms with Crippen molar-refractivity contribution in [2.24, 2.45) is 5.92 Å². The molecule has 0 rings (SSSR count). The molecule has 3 nitrogen and oxygen atoms in total. The van der Waals surface area contributed by atoms with E-state index in [1.807, 2.05) is 0 Å². The zero-order valence-corrected chi connectivity index (χ0v) is 7.51. The van der Waals surface area contributed by atoms with Crippen molar-refractivity contribution in [3.8, 4) is 0 Å². The summed E-state index contributed by atoms with van der Waals surface area (Å²) in [6, 6.07) is 0. The number of carbonyl (C=O) groups is 2. The summed E-state index contributed by atoms with van der Waals surface area (Å²) in [5.74, 6) is -7.37. The highest BCUT2D eigenvalue weighted by atomic mass is 19.3. The first kappa shape index (κ1) is 12.0. The predicted molar refractivity (Wildman–Crippen MR) is 41.7 cm³/mol. The molecular weight excluding hydrogens is 182 g/mol. The van der Waals surface area contributed by atoms with Gasteiger partial charge in [-0.15, -0.1) is 0 Å². The van der Waals surface area contributed by atoms with Crippen molar-refractivity contribution in [2.75, 3.05) is 0 Å². The Labute approximate surface area is 74.7 Å². The van der Waals surface area contributed by atoms with Gasteiger partial charge < -0.3 is 5.11 Å². The van der Waals surface area contributed by atoms with Gasteiger partial charge in [-0.25, -0.2) is 8.78 Å². The summed E-state index contributed by atoms with van der Waals surface area (Å²) in [4.78, 5) is 20.9. The van der Waals surface area contributed by atoms with Crippen molar-refractivity contribution >= 4 is 11.8 Å². The lowest BCUT2D eigenvalue weighted by Gasteiger charge is -2.20. The SMILES string of the molecule is CCC(F)(F)C(CC(C)=O)C(=O)O. The van der Waals surface area contributed by atoms with Crippen molar-refractivity contribution in [1.29, 1.82) is 0 Å². The van der Waals surface area contributed by atoms with Crippen LogP contribution in [0.4, 0.5) is 8.78 Å². The Bertz CT molecular complexity index is 213. The number of carbonyl (C=O) groups excluding carboxylic acids is 1. The van der Waals surface area contributed by atoms with Crippen LogP contribution in [0.1, 0.15) is 26.7 Å². The van der Waals surface area contributed by atoms with Gasteiger partial charge in [0.25, 0.3) is 5.92 Å². The number of hydrogen-bond acceptors (Lipinski definition) is 2. The lowest BCUT2D eigenvalue weighted by Crippen LogP contribution is -2.35. The van der Waals surface area contributed by atoms with Gasteiger partial charge in [-0.1, -0.05) is 6.92 Å². The maximum atomic E-state index is 12.9. The third kappa shape index (κ3) is 3.48. The molecule has 0 aliphatic rings. The molecule has 0 saturated heterocycles. The number of carboxylic acids is 1. The Morgan fingerprint density at radius 1 is 1.46 bits per heavy atom. The molecule has 76 valence electrons. The quantitative estimate of drug-likeness (QED) is 0.724. The molecule has 0 spiro atoms. The molecule has 0 aromatic rings. The highest BCUT2D eigenvalue weighted by Gasteiger charge is 2.43. The molecule has 0 amide bonds. The second-order valence-electron chi connectivity index (χ2n) is 2.91.